The first-order chi connectivity index (χ1) is 7.74. The summed E-state index contributed by atoms with van der Waals surface area (Å²) in [5.74, 6) is -1.52. The van der Waals surface area contributed by atoms with Crippen LogP contribution in [0.15, 0.2) is 12.1 Å². The Bertz CT molecular complexity index is 376. The van der Waals surface area contributed by atoms with Gasteiger partial charge in [-0.3, -0.25) is 0 Å². The van der Waals surface area contributed by atoms with Crippen LogP contribution < -0.4 is 10.1 Å². The lowest BCUT2D eigenvalue weighted by Crippen LogP contribution is -2.27. The Morgan fingerprint density at radius 1 is 1.31 bits per heavy atom. The van der Waals surface area contributed by atoms with E-state index in [1.54, 1.807) is 0 Å². The van der Waals surface area contributed by atoms with E-state index in [0.29, 0.717) is 5.56 Å². The minimum absolute atomic E-state index is 0.0248. The van der Waals surface area contributed by atoms with Crippen LogP contribution in [0.2, 0.25) is 0 Å². The molecule has 2 rings (SSSR count). The molecule has 0 bridgehead atoms. The predicted octanol–water partition coefficient (Wildman–Crippen LogP) is 2.79. The number of rotatable bonds is 2. The summed E-state index contributed by atoms with van der Waals surface area (Å²) in [6.45, 7) is 0.879. The second kappa shape index (κ2) is 4.78. The van der Waals surface area contributed by atoms with Gasteiger partial charge < -0.3 is 10.1 Å². The number of methoxy groups -OCH3 is 1. The quantitative estimate of drug-likeness (QED) is 0.838. The third-order valence-corrected chi connectivity index (χ3v) is 2.97. The van der Waals surface area contributed by atoms with Gasteiger partial charge in [-0.2, -0.15) is 0 Å². The van der Waals surface area contributed by atoms with Crippen LogP contribution in [0.4, 0.5) is 8.78 Å². The number of piperidine rings is 1. The molecule has 1 heterocycles. The molecule has 0 spiro atoms. The maximum Gasteiger partial charge on any atom is 0.190 e. The molecule has 4 heteroatoms. The molecule has 1 saturated heterocycles. The van der Waals surface area contributed by atoms with Gasteiger partial charge in [0.05, 0.1) is 7.11 Å². The van der Waals surface area contributed by atoms with E-state index in [-0.39, 0.29) is 11.8 Å². The Labute approximate surface area is 93.6 Å². The van der Waals surface area contributed by atoms with E-state index >= 15 is 0 Å². The average molecular weight is 227 g/mol. The van der Waals surface area contributed by atoms with E-state index in [2.05, 4.69) is 5.32 Å². The summed E-state index contributed by atoms with van der Waals surface area (Å²) in [4.78, 5) is 0. The van der Waals surface area contributed by atoms with Crippen LogP contribution in [-0.4, -0.2) is 13.7 Å². The van der Waals surface area contributed by atoms with Crippen molar-refractivity contribution >= 4 is 0 Å². The van der Waals surface area contributed by atoms with Crippen LogP contribution in [0.3, 0.4) is 0 Å². The Morgan fingerprint density at radius 3 is 2.75 bits per heavy atom. The molecule has 1 aliphatic heterocycles. The number of hydrogen-bond donors (Lipinski definition) is 1. The molecular weight excluding hydrogens is 212 g/mol. The smallest absolute Gasteiger partial charge is 0.190 e. The number of ether oxygens (including phenoxy) is 1. The van der Waals surface area contributed by atoms with Crippen LogP contribution in [0, 0.1) is 11.6 Å². The van der Waals surface area contributed by atoms with E-state index in [9.17, 15) is 8.78 Å². The molecular formula is C12H15F2NO. The third-order valence-electron chi connectivity index (χ3n) is 2.97. The molecule has 1 unspecified atom stereocenters. The first kappa shape index (κ1) is 11.3. The average Bonchev–Trinajstić information content (AvgIpc) is 2.31. The fourth-order valence-electron chi connectivity index (χ4n) is 2.12. The van der Waals surface area contributed by atoms with Crippen LogP contribution in [0.1, 0.15) is 30.9 Å². The molecule has 1 atom stereocenters. The van der Waals surface area contributed by atoms with Gasteiger partial charge in [-0.15, -0.1) is 0 Å². The number of hydrogen-bond acceptors (Lipinski definition) is 2. The topological polar surface area (TPSA) is 21.3 Å². The van der Waals surface area contributed by atoms with Gasteiger partial charge in [0, 0.05) is 11.6 Å². The summed E-state index contributed by atoms with van der Waals surface area (Å²) in [5, 5.41) is 3.23. The second-order valence-corrected chi connectivity index (χ2v) is 3.99. The summed E-state index contributed by atoms with van der Waals surface area (Å²) >= 11 is 0. The first-order valence-electron chi connectivity index (χ1n) is 5.49. The van der Waals surface area contributed by atoms with Crippen molar-refractivity contribution in [1.29, 1.82) is 0 Å². The highest BCUT2D eigenvalue weighted by Crippen LogP contribution is 2.31. The van der Waals surface area contributed by atoms with Crippen molar-refractivity contribution in [1.82, 2.24) is 5.32 Å². The second-order valence-electron chi connectivity index (χ2n) is 3.99. The van der Waals surface area contributed by atoms with Crippen LogP contribution in [-0.2, 0) is 0 Å². The molecule has 0 amide bonds. The van der Waals surface area contributed by atoms with Crippen molar-refractivity contribution in [3.05, 3.63) is 29.3 Å². The monoisotopic (exact) mass is 227 g/mol. The van der Waals surface area contributed by atoms with Crippen molar-refractivity contribution in [2.75, 3.05) is 13.7 Å². The zero-order valence-electron chi connectivity index (χ0n) is 9.22. The summed E-state index contributed by atoms with van der Waals surface area (Å²) in [6.07, 6.45) is 3.05. The van der Waals surface area contributed by atoms with Crippen molar-refractivity contribution in [3.8, 4) is 5.75 Å². The normalized spacial score (nSPS) is 20.8. The molecule has 2 nitrogen and oxygen atoms in total. The van der Waals surface area contributed by atoms with Crippen LogP contribution >= 0.6 is 0 Å². The largest absolute Gasteiger partial charge is 0.491 e. The van der Waals surface area contributed by atoms with E-state index < -0.39 is 11.6 Å². The van der Waals surface area contributed by atoms with E-state index in [1.165, 1.54) is 19.2 Å². The summed E-state index contributed by atoms with van der Waals surface area (Å²) in [5.41, 5.74) is 0.498. The fourth-order valence-corrected chi connectivity index (χ4v) is 2.12. The van der Waals surface area contributed by atoms with Crippen LogP contribution in [0.5, 0.6) is 5.75 Å². The van der Waals surface area contributed by atoms with E-state index in [1.807, 2.05) is 0 Å². The van der Waals surface area contributed by atoms with Crippen LogP contribution in [0.25, 0.3) is 0 Å². The summed E-state index contributed by atoms with van der Waals surface area (Å²) in [7, 11) is 1.28. The first-order valence-corrected chi connectivity index (χ1v) is 5.49. The Kier molecular flexibility index (Phi) is 3.39. The van der Waals surface area contributed by atoms with Crippen molar-refractivity contribution in [3.63, 3.8) is 0 Å². The number of nitrogens with one attached hydrogen (secondary N) is 1. The molecule has 1 aromatic carbocycles. The highest BCUT2D eigenvalue weighted by molar-refractivity contribution is 5.34. The van der Waals surface area contributed by atoms with Gasteiger partial charge in [-0.1, -0.05) is 12.5 Å². The van der Waals surface area contributed by atoms with E-state index in [4.69, 9.17) is 4.74 Å². The molecule has 1 aliphatic rings. The standard InChI is InChI=1S/C12H15F2NO/c1-16-12-9(13)6-5-8(11(12)14)10-4-2-3-7-15-10/h5-6,10,15H,2-4,7H2,1H3. The molecule has 0 aliphatic carbocycles. The Hall–Kier alpha value is -1.16. The molecule has 0 saturated carbocycles. The summed E-state index contributed by atoms with van der Waals surface area (Å²) in [6, 6.07) is 2.73. The van der Waals surface area contributed by atoms with Gasteiger partial charge in [0.2, 0.25) is 0 Å². The SMILES string of the molecule is COc1c(F)ccc(C2CCCCN2)c1F. The zero-order chi connectivity index (χ0) is 11.5. The molecule has 0 aromatic heterocycles. The summed E-state index contributed by atoms with van der Waals surface area (Å²) < 4.78 is 31.9. The number of halogens is 2. The van der Waals surface area contributed by atoms with E-state index in [0.717, 1.165) is 25.8 Å². The highest BCUT2D eigenvalue weighted by atomic mass is 19.1. The molecule has 1 aromatic rings. The zero-order valence-corrected chi connectivity index (χ0v) is 9.22. The van der Waals surface area contributed by atoms with Gasteiger partial charge in [-0.05, 0) is 25.5 Å². The maximum absolute atomic E-state index is 13.9. The van der Waals surface area contributed by atoms with Crippen molar-refractivity contribution in [2.24, 2.45) is 0 Å². The minimum atomic E-state index is -0.653. The molecule has 16 heavy (non-hydrogen) atoms. The highest BCUT2D eigenvalue weighted by Gasteiger charge is 2.22. The lowest BCUT2D eigenvalue weighted by molar-refractivity contribution is 0.346. The third kappa shape index (κ3) is 2.02. The lowest BCUT2D eigenvalue weighted by atomic mass is 9.97. The molecule has 1 N–H and O–H groups in total. The maximum atomic E-state index is 13.9. The van der Waals surface area contributed by atoms with Crippen molar-refractivity contribution < 1.29 is 13.5 Å². The molecule has 1 fully saturated rings. The van der Waals surface area contributed by atoms with Gasteiger partial charge in [0.1, 0.15) is 0 Å². The predicted molar refractivity (Wildman–Crippen MR) is 57.5 cm³/mol. The van der Waals surface area contributed by atoms with Crippen molar-refractivity contribution in [2.45, 2.75) is 25.3 Å². The van der Waals surface area contributed by atoms with Gasteiger partial charge in [0.15, 0.2) is 17.4 Å². The molecule has 0 radical (unpaired) electrons. The minimum Gasteiger partial charge on any atom is -0.491 e. The molecule has 88 valence electrons. The fraction of sp³-hybridized carbons (Fsp3) is 0.500. The van der Waals surface area contributed by atoms with Gasteiger partial charge >= 0.3 is 0 Å². The lowest BCUT2D eigenvalue weighted by Gasteiger charge is -2.24. The van der Waals surface area contributed by atoms with Gasteiger partial charge in [-0.25, -0.2) is 8.78 Å². The Morgan fingerprint density at radius 2 is 2.12 bits per heavy atom. The van der Waals surface area contributed by atoms with Gasteiger partial charge in [0.25, 0.3) is 0 Å². The Balaban J connectivity index is 2.33. The number of benzene rings is 1.